The van der Waals surface area contributed by atoms with Gasteiger partial charge in [0.15, 0.2) is 6.04 Å². The third-order valence-electron chi connectivity index (χ3n) is 4.51. The molecule has 8 heteroatoms. The molecule has 0 saturated carbocycles. The fourth-order valence-corrected chi connectivity index (χ4v) is 3.50. The predicted molar refractivity (Wildman–Crippen MR) is 95.4 cm³/mol. The van der Waals surface area contributed by atoms with Gasteiger partial charge in [-0.2, -0.15) is 11.8 Å². The van der Waals surface area contributed by atoms with Gasteiger partial charge in [-0.1, -0.05) is 13.8 Å². The Bertz CT molecular complexity index is 465. The molecule has 0 aliphatic carbocycles. The van der Waals surface area contributed by atoms with Crippen molar-refractivity contribution >= 4 is 29.5 Å². The van der Waals surface area contributed by atoms with Crippen molar-refractivity contribution in [1.29, 1.82) is 0 Å². The van der Waals surface area contributed by atoms with Crippen LogP contribution in [0.5, 0.6) is 0 Å². The van der Waals surface area contributed by atoms with Gasteiger partial charge in [0.25, 0.3) is 5.91 Å². The number of piperidine rings is 1. The largest absolute Gasteiger partial charge is 0.548 e. The lowest BCUT2D eigenvalue weighted by molar-refractivity contribution is -0.406. The Morgan fingerprint density at radius 1 is 1.28 bits per heavy atom. The molecule has 1 aliphatic heterocycles. The molecule has 1 heterocycles. The average Bonchev–Trinajstić information content (AvgIpc) is 2.57. The second-order valence-corrected chi connectivity index (χ2v) is 8.07. The van der Waals surface area contributed by atoms with Crippen LogP contribution >= 0.6 is 11.8 Å². The van der Waals surface area contributed by atoms with Gasteiger partial charge in [-0.3, -0.25) is 9.59 Å². The average molecular weight is 374 g/mol. The van der Waals surface area contributed by atoms with E-state index in [1.165, 1.54) is 0 Å². The molecule has 0 aromatic heterocycles. The molecule has 1 aliphatic rings. The summed E-state index contributed by atoms with van der Waals surface area (Å²) in [4.78, 5) is 37.6. The Morgan fingerprint density at radius 2 is 1.88 bits per heavy atom. The van der Waals surface area contributed by atoms with E-state index in [1.54, 1.807) is 16.7 Å². The first-order valence-corrected chi connectivity index (χ1v) is 10.3. The van der Waals surface area contributed by atoms with Crippen LogP contribution in [0.2, 0.25) is 0 Å². The van der Waals surface area contributed by atoms with Gasteiger partial charge in [-0.15, -0.1) is 0 Å². The fraction of sp³-hybridized carbons (Fsp3) is 0.824. The molecule has 2 atom stereocenters. The maximum absolute atomic E-state index is 12.3. The molecule has 0 bridgehead atoms. The van der Waals surface area contributed by atoms with Crippen LogP contribution in [0, 0.1) is 11.8 Å². The number of hydrogen-bond acceptors (Lipinski definition) is 5. The highest BCUT2D eigenvalue weighted by Gasteiger charge is 2.31. The molecule has 0 unspecified atom stereocenters. The van der Waals surface area contributed by atoms with E-state index in [1.807, 2.05) is 20.1 Å². The molecule has 1 saturated heterocycles. The summed E-state index contributed by atoms with van der Waals surface area (Å²) in [5.74, 6) is -0.663. The number of nitrogens with one attached hydrogen (secondary N) is 1. The number of rotatable bonds is 9. The van der Waals surface area contributed by atoms with Crippen molar-refractivity contribution in [3.8, 4) is 0 Å². The third kappa shape index (κ3) is 7.23. The highest BCUT2D eigenvalue weighted by Crippen LogP contribution is 2.19. The van der Waals surface area contributed by atoms with Gasteiger partial charge in [0.05, 0.1) is 12.0 Å². The zero-order valence-corrected chi connectivity index (χ0v) is 16.3. The Hall–Kier alpha value is -1.28. The molecule has 7 nitrogen and oxygen atoms in total. The maximum atomic E-state index is 12.3. The van der Waals surface area contributed by atoms with Crippen molar-refractivity contribution < 1.29 is 25.2 Å². The normalized spacial score (nSPS) is 18.0. The quantitative estimate of drug-likeness (QED) is 0.530. The van der Waals surface area contributed by atoms with Crippen molar-refractivity contribution in [3.05, 3.63) is 0 Å². The number of carbonyl (C=O) groups excluding carboxylic acids is 3. The molecule has 0 radical (unpaired) electrons. The van der Waals surface area contributed by atoms with Gasteiger partial charge < -0.3 is 25.9 Å². The van der Waals surface area contributed by atoms with E-state index in [4.69, 9.17) is 0 Å². The molecule has 4 N–H and O–H groups in total. The monoisotopic (exact) mass is 373 g/mol. The maximum Gasteiger partial charge on any atom is 0.280 e. The predicted octanol–water partition coefficient (Wildman–Crippen LogP) is -1.13. The Balaban J connectivity index is 2.48. The van der Waals surface area contributed by atoms with Crippen molar-refractivity contribution in [2.45, 2.75) is 51.6 Å². The van der Waals surface area contributed by atoms with Gasteiger partial charge in [0.2, 0.25) is 5.91 Å². The van der Waals surface area contributed by atoms with E-state index >= 15 is 0 Å². The lowest BCUT2D eigenvalue weighted by Gasteiger charge is -2.33. The van der Waals surface area contributed by atoms with Crippen molar-refractivity contribution in [1.82, 2.24) is 10.2 Å². The summed E-state index contributed by atoms with van der Waals surface area (Å²) in [5, 5.41) is 13.8. The van der Waals surface area contributed by atoms with Crippen LogP contribution in [0.1, 0.15) is 39.5 Å². The highest BCUT2D eigenvalue weighted by molar-refractivity contribution is 7.98. The summed E-state index contributed by atoms with van der Waals surface area (Å²) in [7, 11) is 0. The minimum atomic E-state index is -1.25. The fourth-order valence-electron chi connectivity index (χ4n) is 2.98. The van der Waals surface area contributed by atoms with E-state index in [0.717, 1.165) is 12.2 Å². The smallest absolute Gasteiger partial charge is 0.280 e. The standard InChI is InChI=1S/C17H31N3O4S/c1-11(2)10-14(17(23)24)19-15(21)12-4-7-20(8-5-12)16(22)13(18)6-9-25-3/h11-14H,4-10,18H2,1-3H3,(H,19,21)(H,23,24)/t13-,14-/m0/s1. The minimum absolute atomic E-state index is 0.0420. The van der Waals surface area contributed by atoms with Crippen LogP contribution in [0.25, 0.3) is 0 Å². The minimum Gasteiger partial charge on any atom is -0.548 e. The van der Waals surface area contributed by atoms with Gasteiger partial charge in [0.1, 0.15) is 0 Å². The molecule has 0 aromatic carbocycles. The third-order valence-corrected chi connectivity index (χ3v) is 5.15. The summed E-state index contributed by atoms with van der Waals surface area (Å²) in [6.07, 6.45) is 4.20. The Kier molecular flexibility index (Phi) is 9.27. The van der Waals surface area contributed by atoms with E-state index in [-0.39, 0.29) is 29.7 Å². The van der Waals surface area contributed by atoms with E-state index < -0.39 is 12.0 Å². The van der Waals surface area contributed by atoms with Crippen LogP contribution in [-0.4, -0.2) is 59.9 Å². The number of hydrogen-bond donors (Lipinski definition) is 2. The first kappa shape index (κ1) is 21.8. The molecule has 144 valence electrons. The van der Waals surface area contributed by atoms with E-state index in [2.05, 4.69) is 11.1 Å². The van der Waals surface area contributed by atoms with Crippen LogP contribution in [0.3, 0.4) is 0 Å². The summed E-state index contributed by atoms with van der Waals surface area (Å²) in [5.41, 5.74) is 3.94. The summed E-state index contributed by atoms with van der Waals surface area (Å²) >= 11 is 1.69. The zero-order valence-electron chi connectivity index (χ0n) is 15.5. The molecule has 1 rings (SSSR count). The lowest BCUT2D eigenvalue weighted by atomic mass is 9.94. The molecule has 0 aromatic rings. The second-order valence-electron chi connectivity index (χ2n) is 7.09. The molecular weight excluding hydrogens is 342 g/mol. The summed E-state index contributed by atoms with van der Waals surface area (Å²) < 4.78 is 0. The van der Waals surface area contributed by atoms with Gasteiger partial charge in [0, 0.05) is 25.4 Å². The Morgan fingerprint density at radius 3 is 2.36 bits per heavy atom. The number of carbonyl (C=O) groups is 3. The summed E-state index contributed by atoms with van der Waals surface area (Å²) in [6.45, 7) is 4.83. The van der Waals surface area contributed by atoms with Crippen LogP contribution in [0.4, 0.5) is 0 Å². The number of aliphatic carboxylic acids is 1. The van der Waals surface area contributed by atoms with E-state index in [9.17, 15) is 19.5 Å². The molecule has 2 amide bonds. The highest BCUT2D eigenvalue weighted by atomic mass is 32.2. The lowest BCUT2D eigenvalue weighted by Crippen LogP contribution is -2.68. The van der Waals surface area contributed by atoms with Gasteiger partial charge >= 0.3 is 0 Å². The topological polar surface area (TPSA) is 117 Å². The number of thioether (sulfide) groups is 1. The number of quaternary nitrogens is 1. The number of amides is 2. The van der Waals surface area contributed by atoms with Crippen LogP contribution in [-0.2, 0) is 14.4 Å². The molecule has 1 fully saturated rings. The molecule has 25 heavy (non-hydrogen) atoms. The van der Waals surface area contributed by atoms with E-state index in [0.29, 0.717) is 32.4 Å². The molecule has 0 spiro atoms. The SMILES string of the molecule is CSCC[C@H]([NH3+])C(=O)N1CCC(C(=O)N[C@@H](CC(C)C)C(=O)[O-])CC1. The second kappa shape index (κ2) is 10.7. The van der Waals surface area contributed by atoms with Crippen LogP contribution in [0.15, 0.2) is 0 Å². The van der Waals surface area contributed by atoms with Gasteiger partial charge in [-0.25, -0.2) is 0 Å². The van der Waals surface area contributed by atoms with Crippen LogP contribution < -0.4 is 16.2 Å². The number of carboxylic acids is 1. The number of carboxylic acid groups (broad SMARTS) is 1. The van der Waals surface area contributed by atoms with Crippen molar-refractivity contribution in [2.75, 3.05) is 25.1 Å². The van der Waals surface area contributed by atoms with Gasteiger partial charge in [-0.05, 0) is 37.2 Å². The molecular formula is C17H31N3O4S. The first-order valence-electron chi connectivity index (χ1n) is 8.88. The number of nitrogens with zero attached hydrogens (tertiary/aromatic N) is 1. The summed E-state index contributed by atoms with van der Waals surface area (Å²) in [6, 6.07) is -1.20. The zero-order chi connectivity index (χ0) is 19.0. The van der Waals surface area contributed by atoms with Crippen molar-refractivity contribution in [3.63, 3.8) is 0 Å². The number of likely N-dealkylation sites (tertiary alicyclic amines) is 1. The Labute approximate surface area is 154 Å². The van der Waals surface area contributed by atoms with Crippen molar-refractivity contribution in [2.24, 2.45) is 11.8 Å². The first-order chi connectivity index (χ1) is 11.8.